The molecule has 1 atom stereocenters. The van der Waals surface area contributed by atoms with Crippen LogP contribution in [0.5, 0.6) is 0 Å². The molecule has 84 valence electrons. The molecule has 0 aliphatic carbocycles. The molecule has 1 aromatic carbocycles. The third kappa shape index (κ3) is 3.45. The van der Waals surface area contributed by atoms with Crippen LogP contribution in [0.4, 0.5) is 0 Å². The van der Waals surface area contributed by atoms with Gasteiger partial charge in [0.1, 0.15) is 0 Å². The minimum Gasteiger partial charge on any atom is -0.310 e. The maximum atomic E-state index is 3.55. The molecule has 1 heterocycles. The third-order valence-corrected chi connectivity index (χ3v) is 4.54. The quantitative estimate of drug-likeness (QED) is 0.785. The summed E-state index contributed by atoms with van der Waals surface area (Å²) >= 11 is 7.02. The normalized spacial score (nSPS) is 20.8. The Morgan fingerprint density at radius 3 is 2.53 bits per heavy atom. The molecular weight excluding hydrogens is 341 g/mol. The van der Waals surface area contributed by atoms with E-state index in [4.69, 9.17) is 0 Å². The summed E-state index contributed by atoms with van der Waals surface area (Å²) in [5, 5.41) is 3.55. The van der Waals surface area contributed by atoms with Crippen molar-refractivity contribution in [2.45, 2.75) is 25.3 Å². The second-order valence-electron chi connectivity index (χ2n) is 3.68. The summed E-state index contributed by atoms with van der Waals surface area (Å²) in [5.74, 6) is 0. The van der Waals surface area contributed by atoms with Crippen molar-refractivity contribution >= 4 is 44.3 Å². The molecule has 0 bridgehead atoms. The highest BCUT2D eigenvalue weighted by atomic mass is 79.9. The van der Waals surface area contributed by atoms with Crippen LogP contribution in [0.2, 0.25) is 0 Å². The van der Waals surface area contributed by atoms with Gasteiger partial charge in [-0.1, -0.05) is 12.5 Å². The van der Waals surface area contributed by atoms with Gasteiger partial charge in [0.25, 0.3) is 0 Å². The molecule has 2 rings (SSSR count). The van der Waals surface area contributed by atoms with Crippen LogP contribution >= 0.6 is 44.3 Å². The summed E-state index contributed by atoms with van der Waals surface area (Å²) in [6.07, 6.45) is 3.91. The van der Waals surface area contributed by atoms with Gasteiger partial charge in [0.2, 0.25) is 0 Å². The van der Waals surface area contributed by atoms with Crippen LogP contribution in [0.1, 0.15) is 30.9 Å². The molecule has 0 spiro atoms. The zero-order valence-corrected chi connectivity index (χ0v) is 12.3. The first kappa shape index (κ1) is 13.5. The Labute approximate surface area is 114 Å². The predicted octanol–water partition coefficient (Wildman–Crippen LogP) is 4.45. The molecular formula is C11H14Br2ClN. The van der Waals surface area contributed by atoms with Gasteiger partial charge in [0, 0.05) is 15.0 Å². The first-order valence-electron chi connectivity index (χ1n) is 4.96. The topological polar surface area (TPSA) is 12.0 Å². The number of halogens is 3. The van der Waals surface area contributed by atoms with Gasteiger partial charge in [0.05, 0.1) is 0 Å². The van der Waals surface area contributed by atoms with Gasteiger partial charge < -0.3 is 5.32 Å². The first-order valence-corrected chi connectivity index (χ1v) is 6.54. The van der Waals surface area contributed by atoms with Gasteiger partial charge in [-0.25, -0.2) is 0 Å². The predicted molar refractivity (Wildman–Crippen MR) is 73.7 cm³/mol. The van der Waals surface area contributed by atoms with Crippen LogP contribution in [-0.2, 0) is 0 Å². The Balaban J connectivity index is 0.00000112. The van der Waals surface area contributed by atoms with E-state index in [2.05, 4.69) is 55.4 Å². The molecule has 1 saturated heterocycles. The number of hydrogen-bond donors (Lipinski definition) is 1. The van der Waals surface area contributed by atoms with E-state index in [-0.39, 0.29) is 12.4 Å². The van der Waals surface area contributed by atoms with Crippen LogP contribution in [0.15, 0.2) is 27.1 Å². The highest BCUT2D eigenvalue weighted by Gasteiger charge is 2.14. The lowest BCUT2D eigenvalue weighted by Gasteiger charge is -2.24. The lowest BCUT2D eigenvalue weighted by molar-refractivity contribution is 0.412. The number of rotatable bonds is 1. The minimum absolute atomic E-state index is 0. The second kappa shape index (κ2) is 6.24. The van der Waals surface area contributed by atoms with Crippen LogP contribution in [-0.4, -0.2) is 6.54 Å². The largest absolute Gasteiger partial charge is 0.310 e. The van der Waals surface area contributed by atoms with Gasteiger partial charge >= 0.3 is 0 Å². The van der Waals surface area contributed by atoms with E-state index < -0.39 is 0 Å². The van der Waals surface area contributed by atoms with Crippen molar-refractivity contribution in [3.05, 3.63) is 32.7 Å². The van der Waals surface area contributed by atoms with E-state index in [0.717, 1.165) is 15.5 Å². The van der Waals surface area contributed by atoms with Crippen molar-refractivity contribution in [3.8, 4) is 0 Å². The van der Waals surface area contributed by atoms with Gasteiger partial charge in [-0.2, -0.15) is 0 Å². The van der Waals surface area contributed by atoms with Crippen molar-refractivity contribution in [2.24, 2.45) is 0 Å². The SMILES string of the molecule is Brc1ccc([C@H]2CCCCN2)cc1Br.Cl. The molecule has 4 heteroatoms. The van der Waals surface area contributed by atoms with Crippen LogP contribution < -0.4 is 5.32 Å². The lowest BCUT2D eigenvalue weighted by Crippen LogP contribution is -2.26. The molecule has 1 aromatic rings. The highest BCUT2D eigenvalue weighted by Crippen LogP contribution is 2.29. The Bertz CT molecular complexity index is 324. The van der Waals surface area contributed by atoms with Gasteiger partial charge in [-0.3, -0.25) is 0 Å². The number of piperidine rings is 1. The standard InChI is InChI=1S/C11H13Br2N.ClH/c12-9-5-4-8(7-10(9)13)11-3-1-2-6-14-11;/h4-5,7,11,14H,1-3,6H2;1H/t11-;/m1./s1. The molecule has 1 aliphatic heterocycles. The van der Waals surface area contributed by atoms with E-state index in [1.165, 1.54) is 24.8 Å². The van der Waals surface area contributed by atoms with Crippen LogP contribution in [0.3, 0.4) is 0 Å². The summed E-state index contributed by atoms with van der Waals surface area (Å²) in [6.45, 7) is 1.15. The fraction of sp³-hybridized carbons (Fsp3) is 0.455. The van der Waals surface area contributed by atoms with E-state index >= 15 is 0 Å². The molecule has 0 unspecified atom stereocenters. The highest BCUT2D eigenvalue weighted by molar-refractivity contribution is 9.13. The monoisotopic (exact) mass is 353 g/mol. The molecule has 15 heavy (non-hydrogen) atoms. The van der Waals surface area contributed by atoms with Crippen molar-refractivity contribution in [3.63, 3.8) is 0 Å². The molecule has 1 N–H and O–H groups in total. The summed E-state index contributed by atoms with van der Waals surface area (Å²) in [6, 6.07) is 7.05. The molecule has 1 nitrogen and oxygen atoms in total. The van der Waals surface area contributed by atoms with Crippen molar-refractivity contribution < 1.29 is 0 Å². The second-order valence-corrected chi connectivity index (χ2v) is 5.38. The van der Waals surface area contributed by atoms with Crippen molar-refractivity contribution in [2.75, 3.05) is 6.54 Å². The Hall–Kier alpha value is 0.430. The summed E-state index contributed by atoms with van der Waals surface area (Å²) in [5.41, 5.74) is 1.39. The average molecular weight is 356 g/mol. The van der Waals surface area contributed by atoms with Crippen molar-refractivity contribution in [1.29, 1.82) is 0 Å². The lowest BCUT2D eigenvalue weighted by atomic mass is 9.98. The molecule has 0 aromatic heterocycles. The smallest absolute Gasteiger partial charge is 0.0320 e. The maximum absolute atomic E-state index is 3.55. The maximum Gasteiger partial charge on any atom is 0.0320 e. The van der Waals surface area contributed by atoms with Gasteiger partial charge in [-0.15, -0.1) is 12.4 Å². The Morgan fingerprint density at radius 1 is 1.13 bits per heavy atom. The van der Waals surface area contributed by atoms with E-state index in [1.54, 1.807) is 0 Å². The number of nitrogens with one attached hydrogen (secondary N) is 1. The number of benzene rings is 1. The Kier molecular flexibility index (Phi) is 5.61. The molecule has 1 aliphatic rings. The summed E-state index contributed by atoms with van der Waals surface area (Å²) in [7, 11) is 0. The van der Waals surface area contributed by atoms with Gasteiger partial charge in [0.15, 0.2) is 0 Å². The fourth-order valence-corrected chi connectivity index (χ4v) is 2.51. The molecule has 0 amide bonds. The van der Waals surface area contributed by atoms with Crippen LogP contribution in [0, 0.1) is 0 Å². The molecule has 0 saturated carbocycles. The van der Waals surface area contributed by atoms with Gasteiger partial charge in [-0.05, 0) is 68.9 Å². The summed E-state index contributed by atoms with van der Waals surface area (Å²) in [4.78, 5) is 0. The fourth-order valence-electron chi connectivity index (χ4n) is 1.87. The van der Waals surface area contributed by atoms with E-state index in [1.807, 2.05) is 0 Å². The first-order chi connectivity index (χ1) is 6.77. The van der Waals surface area contributed by atoms with E-state index in [9.17, 15) is 0 Å². The van der Waals surface area contributed by atoms with Crippen molar-refractivity contribution in [1.82, 2.24) is 5.32 Å². The number of hydrogen-bond acceptors (Lipinski definition) is 1. The molecule has 0 radical (unpaired) electrons. The molecule has 1 fully saturated rings. The van der Waals surface area contributed by atoms with E-state index in [0.29, 0.717) is 6.04 Å². The third-order valence-electron chi connectivity index (χ3n) is 2.66. The minimum atomic E-state index is 0. The van der Waals surface area contributed by atoms with Crippen LogP contribution in [0.25, 0.3) is 0 Å². The summed E-state index contributed by atoms with van der Waals surface area (Å²) < 4.78 is 2.26. The zero-order valence-electron chi connectivity index (χ0n) is 8.30. The Morgan fingerprint density at radius 2 is 1.93 bits per heavy atom. The average Bonchev–Trinajstić information content (AvgIpc) is 2.23. The zero-order chi connectivity index (χ0) is 9.97.